The molecule has 2 N–H and O–H groups in total. The van der Waals surface area contributed by atoms with Crippen LogP contribution >= 0.6 is 0 Å². The largest absolute Gasteiger partial charge is 0.381 e. The zero-order valence-corrected chi connectivity index (χ0v) is 24.3. The van der Waals surface area contributed by atoms with E-state index >= 15 is 0 Å². The molecule has 2 amide bonds. The Morgan fingerprint density at radius 3 is 2.36 bits per heavy atom. The van der Waals surface area contributed by atoms with Crippen molar-refractivity contribution < 1.29 is 36.5 Å². The van der Waals surface area contributed by atoms with Crippen molar-refractivity contribution in [3.05, 3.63) is 41.1 Å². The van der Waals surface area contributed by atoms with Gasteiger partial charge in [-0.1, -0.05) is 5.16 Å². The minimum absolute atomic E-state index is 0.000907. The van der Waals surface area contributed by atoms with Gasteiger partial charge >= 0.3 is 0 Å². The van der Waals surface area contributed by atoms with Crippen LogP contribution in [0.4, 0.5) is 17.6 Å². The highest BCUT2D eigenvalue weighted by Gasteiger charge is 2.46. The number of alkyl halides is 4. The summed E-state index contributed by atoms with van der Waals surface area (Å²) in [5.41, 5.74) is 1.90. The van der Waals surface area contributed by atoms with Crippen molar-refractivity contribution in [1.82, 2.24) is 35.5 Å². The number of carbonyl (C=O) groups excluding carboxylic acids is 2. The van der Waals surface area contributed by atoms with Crippen molar-refractivity contribution in [3.8, 4) is 0 Å². The van der Waals surface area contributed by atoms with Gasteiger partial charge in [0.05, 0.1) is 30.2 Å². The minimum atomic E-state index is -2.75. The number of nitrogens with one attached hydrogen (secondary N) is 2. The van der Waals surface area contributed by atoms with Gasteiger partial charge in [0.2, 0.25) is 17.8 Å². The van der Waals surface area contributed by atoms with Gasteiger partial charge in [0.25, 0.3) is 5.91 Å². The van der Waals surface area contributed by atoms with Crippen LogP contribution in [0.1, 0.15) is 97.3 Å². The molecule has 4 heterocycles. The van der Waals surface area contributed by atoms with Crippen LogP contribution in [0.2, 0.25) is 0 Å². The van der Waals surface area contributed by atoms with Crippen LogP contribution in [0.3, 0.4) is 0 Å². The van der Waals surface area contributed by atoms with Crippen LogP contribution in [0.15, 0.2) is 23.1 Å². The maximum absolute atomic E-state index is 14.0. The minimum Gasteiger partial charge on any atom is -0.381 e. The molecule has 0 radical (unpaired) electrons. The molecule has 15 heteroatoms. The van der Waals surface area contributed by atoms with Crippen molar-refractivity contribution in [3.63, 3.8) is 0 Å². The lowest BCUT2D eigenvalue weighted by atomic mass is 9.79. The molecule has 1 aliphatic heterocycles. The zero-order chi connectivity index (χ0) is 31.1. The van der Waals surface area contributed by atoms with Crippen molar-refractivity contribution in [1.29, 1.82) is 0 Å². The number of rotatable bonds is 9. The summed E-state index contributed by atoms with van der Waals surface area (Å²) in [6, 6.07) is 0.670. The predicted octanol–water partition coefficient (Wildman–Crippen LogP) is 4.74. The Labute approximate surface area is 250 Å². The first-order valence-corrected chi connectivity index (χ1v) is 15.0. The Bertz CT molecular complexity index is 1490. The average Bonchev–Trinajstić information content (AvgIpc) is 3.60. The first-order valence-electron chi connectivity index (χ1n) is 15.0. The summed E-state index contributed by atoms with van der Waals surface area (Å²) in [6.07, 6.45) is 3.94. The second kappa shape index (κ2) is 12.1. The average molecular weight is 622 g/mol. The number of halogens is 4. The molecule has 0 bridgehead atoms. The summed E-state index contributed by atoms with van der Waals surface area (Å²) in [5.74, 6) is -6.90. The third-order valence-corrected chi connectivity index (χ3v) is 9.13. The van der Waals surface area contributed by atoms with Gasteiger partial charge in [-0.25, -0.2) is 31.7 Å². The Hall–Kier alpha value is -3.62. The highest BCUT2D eigenvalue weighted by atomic mass is 19.3. The summed E-state index contributed by atoms with van der Waals surface area (Å²) in [6.45, 7) is 2.65. The van der Waals surface area contributed by atoms with Gasteiger partial charge in [0.1, 0.15) is 5.69 Å². The molecule has 44 heavy (non-hydrogen) atoms. The number of aromatic nitrogens is 5. The Balaban J connectivity index is 1.26. The van der Waals surface area contributed by atoms with Crippen LogP contribution < -0.4 is 10.6 Å². The molecule has 2 atom stereocenters. The number of ether oxygens (including phenoxy) is 1. The van der Waals surface area contributed by atoms with E-state index in [1.165, 1.54) is 4.52 Å². The first kappa shape index (κ1) is 30.4. The topological polar surface area (TPSA) is 137 Å². The van der Waals surface area contributed by atoms with Crippen LogP contribution in [0.5, 0.6) is 0 Å². The Kier molecular flexibility index (Phi) is 8.33. The van der Waals surface area contributed by atoms with Crippen molar-refractivity contribution >= 4 is 17.5 Å². The van der Waals surface area contributed by atoms with Crippen molar-refractivity contribution in [2.45, 2.75) is 88.6 Å². The van der Waals surface area contributed by atoms with E-state index in [1.807, 2.05) is 0 Å². The molecule has 2 saturated carbocycles. The molecule has 0 aromatic carbocycles. The molecule has 0 unspecified atom stereocenters. The summed E-state index contributed by atoms with van der Waals surface area (Å²) < 4.78 is 66.5. The van der Waals surface area contributed by atoms with E-state index in [-0.39, 0.29) is 74.3 Å². The maximum atomic E-state index is 14.0. The van der Waals surface area contributed by atoms with Gasteiger partial charge in [-0.2, -0.15) is 5.10 Å². The molecule has 3 aromatic heterocycles. The van der Waals surface area contributed by atoms with E-state index in [0.29, 0.717) is 48.7 Å². The third-order valence-electron chi connectivity index (χ3n) is 9.13. The summed E-state index contributed by atoms with van der Waals surface area (Å²) in [7, 11) is 0. The van der Waals surface area contributed by atoms with Gasteiger partial charge in [-0.05, 0) is 67.1 Å². The van der Waals surface area contributed by atoms with Crippen molar-refractivity contribution in [2.75, 3.05) is 13.2 Å². The van der Waals surface area contributed by atoms with Crippen LogP contribution in [0, 0.1) is 24.7 Å². The highest BCUT2D eigenvalue weighted by Crippen LogP contribution is 2.44. The number of imidazole rings is 1. The lowest BCUT2D eigenvalue weighted by Crippen LogP contribution is -2.41. The highest BCUT2D eigenvalue weighted by molar-refractivity contribution is 5.93. The molecule has 238 valence electrons. The predicted molar refractivity (Wildman–Crippen MR) is 146 cm³/mol. The van der Waals surface area contributed by atoms with Crippen LogP contribution in [0.25, 0.3) is 5.65 Å². The van der Waals surface area contributed by atoms with Crippen molar-refractivity contribution in [2.24, 2.45) is 17.8 Å². The number of hydrogen-bond acceptors (Lipinski definition) is 8. The fraction of sp³-hybridized carbons (Fsp3) is 0.655. The van der Waals surface area contributed by atoms with E-state index in [1.54, 1.807) is 25.4 Å². The Morgan fingerprint density at radius 2 is 1.70 bits per heavy atom. The van der Waals surface area contributed by atoms with Crippen LogP contribution in [-0.4, -0.2) is 61.8 Å². The molecular weight excluding hydrogens is 586 g/mol. The lowest BCUT2D eigenvalue weighted by Gasteiger charge is -2.35. The monoisotopic (exact) mass is 621 g/mol. The van der Waals surface area contributed by atoms with E-state index < -0.39 is 29.8 Å². The van der Waals surface area contributed by atoms with Gasteiger partial charge in [0, 0.05) is 45.3 Å². The number of nitrogens with zero attached hydrogens (tertiary/aromatic N) is 5. The second-order valence-corrected chi connectivity index (χ2v) is 12.4. The molecule has 0 spiro atoms. The van der Waals surface area contributed by atoms with E-state index in [2.05, 4.69) is 30.7 Å². The fourth-order valence-electron chi connectivity index (χ4n) is 6.65. The maximum Gasteiger partial charge on any atom is 0.276 e. The van der Waals surface area contributed by atoms with E-state index in [4.69, 9.17) is 9.72 Å². The number of amides is 2. The van der Waals surface area contributed by atoms with Gasteiger partial charge in [0.15, 0.2) is 11.3 Å². The van der Waals surface area contributed by atoms with Gasteiger partial charge < -0.3 is 15.4 Å². The molecule has 6 rings (SSSR count). The molecule has 3 aromatic rings. The van der Waals surface area contributed by atoms with E-state index in [9.17, 15) is 27.2 Å². The number of carbonyl (C=O) groups is 2. The standard InChI is InChI=1S/C29H35F4N7O4/c1-16-24(39-44-38-16)27(42)37-26(18-2-6-28(30,31)7-3-18)21-15-40-22(35-21)11-20(14-34-40)25(19-4-8-43-9-5-19)36-23(41)10-17-12-29(32,33)13-17/h11,14-15,17-19,25-26H,2-10,12-13H2,1H3,(H,36,41)(H,37,42)/t25-,26+/m1/s1. The zero-order valence-electron chi connectivity index (χ0n) is 24.3. The molecular formula is C29H35F4N7O4. The second-order valence-electron chi connectivity index (χ2n) is 12.4. The smallest absolute Gasteiger partial charge is 0.276 e. The molecule has 3 aliphatic rings. The van der Waals surface area contributed by atoms with Crippen LogP contribution in [-0.2, 0) is 9.53 Å². The normalized spacial score (nSPS) is 22.3. The molecule has 3 fully saturated rings. The number of hydrogen-bond donors (Lipinski definition) is 2. The van der Waals surface area contributed by atoms with E-state index in [0.717, 1.165) is 0 Å². The Morgan fingerprint density at radius 1 is 1.00 bits per heavy atom. The third kappa shape index (κ3) is 6.71. The first-order chi connectivity index (χ1) is 21.0. The quantitative estimate of drug-likeness (QED) is 0.327. The lowest BCUT2D eigenvalue weighted by molar-refractivity contribution is -0.134. The molecule has 11 nitrogen and oxygen atoms in total. The molecule has 1 saturated heterocycles. The summed E-state index contributed by atoms with van der Waals surface area (Å²) in [4.78, 5) is 30.8. The summed E-state index contributed by atoms with van der Waals surface area (Å²) >= 11 is 0. The van der Waals surface area contributed by atoms with Gasteiger partial charge in [-0.15, -0.1) is 0 Å². The fourth-order valence-corrected chi connectivity index (χ4v) is 6.65. The number of aryl methyl sites for hydroxylation is 1. The molecule has 2 aliphatic carbocycles. The SMILES string of the molecule is Cc1nonc1C(=O)N[C@H](c1cn2ncc([C@H](NC(=O)CC3CC(F)(F)C3)C3CCOCC3)cc2n1)C1CCC(F)(F)CC1. The number of fused-ring (bicyclic) bond motifs is 1. The summed E-state index contributed by atoms with van der Waals surface area (Å²) in [5, 5.41) is 17.8. The van der Waals surface area contributed by atoms with Gasteiger partial charge in [-0.3, -0.25) is 9.59 Å².